The lowest BCUT2D eigenvalue weighted by Crippen LogP contribution is -2.26. The van der Waals surface area contributed by atoms with Crippen molar-refractivity contribution in [1.82, 2.24) is 19.5 Å². The average Bonchev–Trinajstić information content (AvgIpc) is 3.10. The maximum absolute atomic E-state index is 12.9. The second-order valence-electron chi connectivity index (χ2n) is 7.63. The van der Waals surface area contributed by atoms with Crippen molar-refractivity contribution in [2.45, 2.75) is 18.9 Å². The lowest BCUT2D eigenvalue weighted by Gasteiger charge is -2.23. The number of H-pyrrole nitrogens is 1. The van der Waals surface area contributed by atoms with Crippen molar-refractivity contribution in [3.05, 3.63) is 53.2 Å². The quantitative estimate of drug-likeness (QED) is 0.562. The molecule has 1 aromatic carbocycles. The van der Waals surface area contributed by atoms with Gasteiger partial charge in [0.25, 0.3) is 0 Å². The molecule has 0 radical (unpaired) electrons. The number of ether oxygens (including phenoxy) is 2. The highest BCUT2D eigenvalue weighted by Gasteiger charge is 2.20. The second-order valence-corrected chi connectivity index (χ2v) is 7.63. The summed E-state index contributed by atoms with van der Waals surface area (Å²) in [6.45, 7) is 1.37. The van der Waals surface area contributed by atoms with E-state index in [0.29, 0.717) is 30.1 Å². The third kappa shape index (κ3) is 3.19. The normalized spacial score (nSPS) is 15.0. The van der Waals surface area contributed by atoms with E-state index in [1.54, 1.807) is 17.0 Å². The first kappa shape index (κ1) is 18.6. The van der Waals surface area contributed by atoms with Crippen LogP contribution in [0, 0.1) is 0 Å². The average molecular weight is 405 g/mol. The number of hydrogen-bond acceptors (Lipinski definition) is 6. The summed E-state index contributed by atoms with van der Waals surface area (Å²) in [5, 5.41) is 0.969. The number of rotatable bonds is 4. The molecule has 1 aliphatic heterocycles. The van der Waals surface area contributed by atoms with Gasteiger partial charge in [-0.05, 0) is 24.3 Å². The summed E-state index contributed by atoms with van der Waals surface area (Å²) >= 11 is 0. The highest BCUT2D eigenvalue weighted by atomic mass is 16.5. The minimum atomic E-state index is -0.254. The van der Waals surface area contributed by atoms with Gasteiger partial charge in [0.15, 0.2) is 5.65 Å². The van der Waals surface area contributed by atoms with Crippen LogP contribution in [0.15, 0.2) is 47.5 Å². The maximum Gasteiger partial charge on any atom is 0.332 e. The number of pyridine rings is 2. The summed E-state index contributed by atoms with van der Waals surface area (Å²) < 4.78 is 13.3. The number of nitrogens with one attached hydrogen (secondary N) is 1. The molecule has 30 heavy (non-hydrogen) atoms. The van der Waals surface area contributed by atoms with Gasteiger partial charge in [-0.3, -0.25) is 14.5 Å². The minimum Gasteiger partial charge on any atom is -0.488 e. The molecule has 1 N–H and O–H groups in total. The van der Waals surface area contributed by atoms with Gasteiger partial charge in [-0.25, -0.2) is 9.78 Å². The van der Waals surface area contributed by atoms with Gasteiger partial charge in [0, 0.05) is 56.5 Å². The van der Waals surface area contributed by atoms with E-state index in [0.717, 1.165) is 35.1 Å². The van der Waals surface area contributed by atoms with Gasteiger partial charge in [0.1, 0.15) is 17.4 Å². The number of hydrogen-bond donors (Lipinski definition) is 1. The van der Waals surface area contributed by atoms with Crippen LogP contribution in [0.5, 0.6) is 5.75 Å². The third-order valence-corrected chi connectivity index (χ3v) is 5.44. The predicted molar refractivity (Wildman–Crippen MR) is 116 cm³/mol. The number of fused-ring (bicyclic) bond motifs is 2. The fraction of sp³-hybridized carbons (Fsp3) is 0.318. The Labute approximate surface area is 173 Å². The fourth-order valence-electron chi connectivity index (χ4n) is 3.97. The molecule has 8 heteroatoms. The van der Waals surface area contributed by atoms with Crippen molar-refractivity contribution in [3.63, 3.8) is 0 Å². The molecule has 4 aromatic rings. The Morgan fingerprint density at radius 1 is 1.13 bits per heavy atom. The summed E-state index contributed by atoms with van der Waals surface area (Å²) in [7, 11) is 3.98. The fourth-order valence-corrected chi connectivity index (χ4v) is 3.97. The van der Waals surface area contributed by atoms with Crippen LogP contribution < -0.4 is 15.3 Å². The number of nitrogens with zero attached hydrogens (tertiary/aromatic N) is 4. The van der Waals surface area contributed by atoms with Crippen molar-refractivity contribution in [2.24, 2.45) is 0 Å². The summed E-state index contributed by atoms with van der Waals surface area (Å²) in [5.41, 5.74) is 3.53. The molecular formula is C22H23N5O3. The van der Waals surface area contributed by atoms with Crippen LogP contribution in [0.25, 0.3) is 27.8 Å². The first-order chi connectivity index (χ1) is 14.6. The summed E-state index contributed by atoms with van der Waals surface area (Å²) in [4.78, 5) is 26.6. The van der Waals surface area contributed by atoms with Gasteiger partial charge in [0.05, 0.1) is 24.4 Å². The zero-order valence-corrected chi connectivity index (χ0v) is 17.0. The largest absolute Gasteiger partial charge is 0.488 e. The van der Waals surface area contributed by atoms with Crippen molar-refractivity contribution >= 4 is 27.8 Å². The Kier molecular flexibility index (Phi) is 4.63. The van der Waals surface area contributed by atoms with E-state index < -0.39 is 0 Å². The maximum atomic E-state index is 12.9. The molecule has 0 bridgehead atoms. The zero-order valence-electron chi connectivity index (χ0n) is 17.0. The molecule has 0 atom stereocenters. The molecule has 0 unspecified atom stereocenters. The first-order valence-corrected chi connectivity index (χ1v) is 10.0. The Balaban J connectivity index is 1.68. The van der Waals surface area contributed by atoms with E-state index in [1.165, 1.54) is 0 Å². The van der Waals surface area contributed by atoms with Gasteiger partial charge in [0.2, 0.25) is 0 Å². The second kappa shape index (κ2) is 7.46. The van der Waals surface area contributed by atoms with Gasteiger partial charge in [-0.1, -0.05) is 0 Å². The van der Waals surface area contributed by atoms with Gasteiger partial charge in [-0.15, -0.1) is 0 Å². The zero-order chi connectivity index (χ0) is 20.7. The van der Waals surface area contributed by atoms with Crippen LogP contribution in [0.1, 0.15) is 12.8 Å². The number of anilines is 1. The molecule has 5 rings (SSSR count). The molecular weight excluding hydrogens is 382 g/mol. The summed E-state index contributed by atoms with van der Waals surface area (Å²) in [6.07, 6.45) is 5.16. The Morgan fingerprint density at radius 2 is 1.93 bits per heavy atom. The number of benzene rings is 1. The number of aromatic nitrogens is 4. The van der Waals surface area contributed by atoms with Crippen molar-refractivity contribution in [1.29, 1.82) is 0 Å². The van der Waals surface area contributed by atoms with Crippen molar-refractivity contribution < 1.29 is 9.47 Å². The molecule has 154 valence electrons. The summed E-state index contributed by atoms with van der Waals surface area (Å²) in [5.74, 6) is 0.643. The number of imidazole rings is 1. The van der Waals surface area contributed by atoms with Crippen molar-refractivity contribution in [2.75, 3.05) is 32.2 Å². The molecule has 1 fully saturated rings. The van der Waals surface area contributed by atoms with Crippen LogP contribution in [0.3, 0.4) is 0 Å². The Morgan fingerprint density at radius 3 is 2.73 bits per heavy atom. The molecule has 0 amide bonds. The molecule has 8 nitrogen and oxygen atoms in total. The van der Waals surface area contributed by atoms with Crippen LogP contribution in [0.4, 0.5) is 5.69 Å². The smallest absolute Gasteiger partial charge is 0.332 e. The first-order valence-electron chi connectivity index (χ1n) is 10.0. The molecule has 1 saturated heterocycles. The molecule has 0 aliphatic carbocycles. The van der Waals surface area contributed by atoms with Crippen LogP contribution in [0.2, 0.25) is 0 Å². The van der Waals surface area contributed by atoms with E-state index in [-0.39, 0.29) is 11.8 Å². The van der Waals surface area contributed by atoms with E-state index in [4.69, 9.17) is 9.47 Å². The number of aromatic amines is 1. The van der Waals surface area contributed by atoms with E-state index >= 15 is 0 Å². The van der Waals surface area contributed by atoms with Crippen LogP contribution >= 0.6 is 0 Å². The lowest BCUT2D eigenvalue weighted by atomic mass is 10.1. The van der Waals surface area contributed by atoms with Gasteiger partial charge < -0.3 is 14.4 Å². The molecule has 1 aliphatic rings. The Hall–Kier alpha value is -3.39. The van der Waals surface area contributed by atoms with Gasteiger partial charge >= 0.3 is 5.69 Å². The minimum absolute atomic E-state index is 0.0592. The van der Waals surface area contributed by atoms with Crippen molar-refractivity contribution in [3.8, 4) is 11.4 Å². The van der Waals surface area contributed by atoms with Crippen LogP contribution in [-0.4, -0.2) is 52.9 Å². The summed E-state index contributed by atoms with van der Waals surface area (Å²) in [6, 6.07) is 9.59. The highest BCUT2D eigenvalue weighted by Crippen LogP contribution is 2.30. The lowest BCUT2D eigenvalue weighted by molar-refractivity contribution is 0.0260. The standard InChI is InChI=1S/C22H23N5O3/c1-26(2)18-5-9-23-17-4-3-14(13-16(17)18)27-20-19(30-15-7-11-29-12-8-15)6-10-24-21(20)25-22(27)28/h3-6,9-10,13,15H,7-8,11-12H2,1-2H3,(H,24,25,28). The SMILES string of the molecule is CN(C)c1ccnc2ccc(-n3c(=O)[nH]c4nccc(OC5CCOCC5)c43)cc12. The molecule has 4 heterocycles. The third-order valence-electron chi connectivity index (χ3n) is 5.44. The molecule has 0 spiro atoms. The monoisotopic (exact) mass is 405 g/mol. The molecule has 0 saturated carbocycles. The predicted octanol–water partition coefficient (Wildman–Crippen LogP) is 2.89. The van der Waals surface area contributed by atoms with Gasteiger partial charge in [-0.2, -0.15) is 0 Å². The topological polar surface area (TPSA) is 85.3 Å². The highest BCUT2D eigenvalue weighted by molar-refractivity contribution is 5.93. The molecule has 3 aromatic heterocycles. The van der Waals surface area contributed by atoms with E-state index in [1.807, 2.05) is 49.3 Å². The van der Waals surface area contributed by atoms with E-state index in [2.05, 4.69) is 15.0 Å². The van der Waals surface area contributed by atoms with E-state index in [9.17, 15) is 4.79 Å². The van der Waals surface area contributed by atoms with Crippen LogP contribution in [-0.2, 0) is 4.74 Å². The Bertz CT molecular complexity index is 1270.